The summed E-state index contributed by atoms with van der Waals surface area (Å²) >= 11 is 0. The van der Waals surface area contributed by atoms with Crippen LogP contribution in [-0.2, 0) is 16.5 Å². The highest BCUT2D eigenvalue weighted by Crippen LogP contribution is 2.06. The van der Waals surface area contributed by atoms with Crippen molar-refractivity contribution in [3.8, 4) is 0 Å². The van der Waals surface area contributed by atoms with E-state index >= 15 is 0 Å². The Morgan fingerprint density at radius 3 is 2.38 bits per heavy atom. The molecule has 0 fully saturated rings. The molecule has 0 aromatic carbocycles. The molecular formula is C7H10ClNO3S. The van der Waals surface area contributed by atoms with Crippen molar-refractivity contribution in [3.05, 3.63) is 24.0 Å². The Kier molecular flexibility index (Phi) is 4.32. The second-order valence-electron chi connectivity index (χ2n) is 2.31. The molecular weight excluding hydrogens is 214 g/mol. The van der Waals surface area contributed by atoms with Gasteiger partial charge in [-0.1, -0.05) is 6.92 Å². The molecule has 0 radical (unpaired) electrons. The van der Waals surface area contributed by atoms with E-state index in [2.05, 4.69) is 4.98 Å². The Morgan fingerprint density at radius 2 is 2.08 bits per heavy atom. The normalized spacial score (nSPS) is 10.6. The maximum atomic E-state index is 10.5. The molecule has 74 valence electrons. The van der Waals surface area contributed by atoms with Crippen molar-refractivity contribution in [1.82, 2.24) is 4.98 Å². The van der Waals surface area contributed by atoms with Crippen molar-refractivity contribution >= 4 is 22.5 Å². The van der Waals surface area contributed by atoms with Crippen LogP contribution >= 0.6 is 12.4 Å². The summed E-state index contributed by atoms with van der Waals surface area (Å²) in [5.41, 5.74) is 0.794. The molecule has 1 aromatic rings. The van der Waals surface area contributed by atoms with Gasteiger partial charge in [0.2, 0.25) is 0 Å². The van der Waals surface area contributed by atoms with Gasteiger partial charge in [0.1, 0.15) is 4.90 Å². The zero-order valence-corrected chi connectivity index (χ0v) is 8.60. The molecule has 0 aliphatic carbocycles. The van der Waals surface area contributed by atoms with Crippen molar-refractivity contribution < 1.29 is 13.0 Å². The van der Waals surface area contributed by atoms with Crippen LogP contribution in [0.3, 0.4) is 0 Å². The zero-order chi connectivity index (χ0) is 9.19. The van der Waals surface area contributed by atoms with Crippen LogP contribution in [-0.4, -0.2) is 18.0 Å². The number of aromatic nitrogens is 1. The third kappa shape index (κ3) is 3.30. The van der Waals surface area contributed by atoms with Gasteiger partial charge in [-0.2, -0.15) is 8.42 Å². The first-order chi connectivity index (χ1) is 5.54. The van der Waals surface area contributed by atoms with Gasteiger partial charge in [0.05, 0.1) is 0 Å². The number of pyridine rings is 1. The molecule has 0 saturated carbocycles. The number of halogens is 1. The Hall–Kier alpha value is -0.650. The molecule has 1 aromatic heterocycles. The van der Waals surface area contributed by atoms with Crippen LogP contribution in [0.5, 0.6) is 0 Å². The third-order valence-corrected chi connectivity index (χ3v) is 2.29. The van der Waals surface area contributed by atoms with Crippen molar-refractivity contribution in [1.29, 1.82) is 0 Å². The van der Waals surface area contributed by atoms with E-state index in [1.54, 1.807) is 6.07 Å². The molecule has 0 saturated heterocycles. The van der Waals surface area contributed by atoms with Gasteiger partial charge in [-0.25, -0.2) is 0 Å². The monoisotopic (exact) mass is 223 g/mol. The fraction of sp³-hybridized carbons (Fsp3) is 0.286. The van der Waals surface area contributed by atoms with E-state index in [-0.39, 0.29) is 17.3 Å². The smallest absolute Gasteiger partial charge is 0.282 e. The molecule has 13 heavy (non-hydrogen) atoms. The number of hydrogen-bond acceptors (Lipinski definition) is 3. The van der Waals surface area contributed by atoms with E-state index in [4.69, 9.17) is 4.55 Å². The third-order valence-electron chi connectivity index (χ3n) is 1.46. The van der Waals surface area contributed by atoms with E-state index in [0.29, 0.717) is 0 Å². The summed E-state index contributed by atoms with van der Waals surface area (Å²) in [6, 6.07) is 2.91. The molecule has 0 spiro atoms. The molecule has 1 heterocycles. The predicted molar refractivity (Wildman–Crippen MR) is 50.7 cm³/mol. The van der Waals surface area contributed by atoms with Crippen LogP contribution < -0.4 is 0 Å². The van der Waals surface area contributed by atoms with Gasteiger partial charge >= 0.3 is 0 Å². The number of aryl methyl sites for hydroxylation is 1. The Morgan fingerprint density at radius 1 is 1.46 bits per heavy atom. The Balaban J connectivity index is 0.00000144. The molecule has 1 rings (SSSR count). The molecule has 4 nitrogen and oxygen atoms in total. The number of nitrogens with zero attached hydrogens (tertiary/aromatic N) is 1. The molecule has 0 aliphatic heterocycles. The minimum atomic E-state index is -4.09. The average Bonchev–Trinajstić information content (AvgIpc) is 2.03. The maximum Gasteiger partial charge on any atom is 0.296 e. The van der Waals surface area contributed by atoms with Gasteiger partial charge in [-0.05, 0) is 18.6 Å². The summed E-state index contributed by atoms with van der Waals surface area (Å²) in [7, 11) is -4.09. The Labute approximate surface area is 83.2 Å². The van der Waals surface area contributed by atoms with Crippen molar-refractivity contribution in [2.75, 3.05) is 0 Å². The summed E-state index contributed by atoms with van der Waals surface area (Å²) in [4.78, 5) is 3.66. The van der Waals surface area contributed by atoms with Crippen LogP contribution in [0.2, 0.25) is 0 Å². The first-order valence-corrected chi connectivity index (χ1v) is 4.90. The molecule has 0 amide bonds. The van der Waals surface area contributed by atoms with Gasteiger partial charge in [0.25, 0.3) is 10.1 Å². The molecule has 0 atom stereocenters. The van der Waals surface area contributed by atoms with E-state index in [1.807, 2.05) is 6.92 Å². The molecule has 0 bridgehead atoms. The lowest BCUT2D eigenvalue weighted by Gasteiger charge is -1.97. The van der Waals surface area contributed by atoms with Crippen molar-refractivity contribution in [2.45, 2.75) is 18.2 Å². The number of rotatable bonds is 2. The summed E-state index contributed by atoms with van der Waals surface area (Å²) in [6.07, 6.45) is 1.89. The van der Waals surface area contributed by atoms with Gasteiger partial charge in [0.15, 0.2) is 0 Å². The second-order valence-corrected chi connectivity index (χ2v) is 3.74. The SMILES string of the molecule is CCc1ccc(S(=O)(=O)O)cn1.Cl. The standard InChI is InChI=1S/C7H9NO3S.ClH/c1-2-6-3-4-7(5-8-6)12(9,10)11;/h3-5H,2H2,1H3,(H,9,10,11);1H. The van der Waals surface area contributed by atoms with Crippen LogP contribution in [0.1, 0.15) is 12.6 Å². The van der Waals surface area contributed by atoms with E-state index in [1.165, 1.54) is 6.07 Å². The summed E-state index contributed by atoms with van der Waals surface area (Å²) in [5.74, 6) is 0. The molecule has 0 unspecified atom stereocenters. The molecule has 0 aliphatic rings. The molecule has 1 N–H and O–H groups in total. The topological polar surface area (TPSA) is 67.3 Å². The largest absolute Gasteiger partial charge is 0.296 e. The molecule has 6 heteroatoms. The van der Waals surface area contributed by atoms with E-state index in [9.17, 15) is 8.42 Å². The van der Waals surface area contributed by atoms with Gasteiger partial charge in [-0.15, -0.1) is 12.4 Å². The van der Waals surface area contributed by atoms with Crippen LogP contribution in [0, 0.1) is 0 Å². The minimum absolute atomic E-state index is 0. The van der Waals surface area contributed by atoms with Crippen molar-refractivity contribution in [2.24, 2.45) is 0 Å². The van der Waals surface area contributed by atoms with Crippen LogP contribution in [0.25, 0.3) is 0 Å². The highest BCUT2D eigenvalue weighted by molar-refractivity contribution is 7.85. The zero-order valence-electron chi connectivity index (χ0n) is 6.97. The van der Waals surface area contributed by atoms with Gasteiger partial charge in [0, 0.05) is 11.9 Å². The average molecular weight is 224 g/mol. The lowest BCUT2D eigenvalue weighted by molar-refractivity contribution is 0.482. The number of hydrogen-bond donors (Lipinski definition) is 1. The van der Waals surface area contributed by atoms with E-state index < -0.39 is 10.1 Å². The van der Waals surface area contributed by atoms with Crippen LogP contribution in [0.4, 0.5) is 0 Å². The van der Waals surface area contributed by atoms with Crippen molar-refractivity contribution in [3.63, 3.8) is 0 Å². The highest BCUT2D eigenvalue weighted by atomic mass is 35.5. The van der Waals surface area contributed by atoms with E-state index in [0.717, 1.165) is 18.3 Å². The lowest BCUT2D eigenvalue weighted by Crippen LogP contribution is -1.99. The van der Waals surface area contributed by atoms with Gasteiger partial charge in [-0.3, -0.25) is 9.54 Å². The second kappa shape index (κ2) is 4.55. The first-order valence-electron chi connectivity index (χ1n) is 3.46. The van der Waals surface area contributed by atoms with Gasteiger partial charge < -0.3 is 0 Å². The van der Waals surface area contributed by atoms with Crippen LogP contribution in [0.15, 0.2) is 23.2 Å². The fourth-order valence-electron chi connectivity index (χ4n) is 0.773. The highest BCUT2D eigenvalue weighted by Gasteiger charge is 2.08. The summed E-state index contributed by atoms with van der Waals surface area (Å²) in [6.45, 7) is 1.91. The summed E-state index contributed by atoms with van der Waals surface area (Å²) < 4.78 is 29.7. The quantitative estimate of drug-likeness (QED) is 0.768. The minimum Gasteiger partial charge on any atom is -0.282 e. The predicted octanol–water partition coefficient (Wildman–Crippen LogP) is 1.31. The fourth-order valence-corrected chi connectivity index (χ4v) is 1.20. The first kappa shape index (κ1) is 12.3. The lowest BCUT2D eigenvalue weighted by atomic mass is 10.3. The Bertz CT molecular complexity index is 360. The maximum absolute atomic E-state index is 10.5. The summed E-state index contributed by atoms with van der Waals surface area (Å²) in [5, 5.41) is 0.